The molecule has 0 spiro atoms. The first-order chi connectivity index (χ1) is 7.65. The summed E-state index contributed by atoms with van der Waals surface area (Å²) >= 11 is 0. The van der Waals surface area contributed by atoms with Crippen molar-refractivity contribution in [2.75, 3.05) is 0 Å². The predicted octanol–water partition coefficient (Wildman–Crippen LogP) is 3.00. The van der Waals surface area contributed by atoms with Crippen molar-refractivity contribution in [3.63, 3.8) is 0 Å². The fourth-order valence-corrected chi connectivity index (χ4v) is 1.36. The Balaban J connectivity index is 3.17. The maximum atomic E-state index is 10.9. The van der Waals surface area contributed by atoms with E-state index >= 15 is 0 Å². The van der Waals surface area contributed by atoms with Crippen molar-refractivity contribution in [1.82, 2.24) is 0 Å². The van der Waals surface area contributed by atoms with E-state index in [-0.39, 0.29) is 5.97 Å². The summed E-state index contributed by atoms with van der Waals surface area (Å²) in [4.78, 5) is 10.9. The van der Waals surface area contributed by atoms with E-state index in [1.165, 1.54) is 6.92 Å². The second-order valence-corrected chi connectivity index (χ2v) is 3.27. The molecule has 1 aromatic rings. The van der Waals surface area contributed by atoms with Crippen molar-refractivity contribution in [2.24, 2.45) is 0 Å². The normalized spacial score (nSPS) is 10.9. The minimum atomic E-state index is -0.330. The molecular formula is C14H14O2. The SMILES string of the molecule is CC#C/C(=C(/C)OC(C)=O)c1ccccc1. The smallest absolute Gasteiger partial charge is 0.307 e. The molecule has 0 heterocycles. The third kappa shape index (κ3) is 3.29. The molecule has 0 aliphatic carbocycles. The van der Waals surface area contributed by atoms with Crippen LogP contribution in [0.4, 0.5) is 0 Å². The molecule has 0 radical (unpaired) electrons. The monoisotopic (exact) mass is 214 g/mol. The minimum Gasteiger partial charge on any atom is -0.430 e. The van der Waals surface area contributed by atoms with E-state index in [1.807, 2.05) is 30.3 Å². The van der Waals surface area contributed by atoms with E-state index in [9.17, 15) is 4.79 Å². The van der Waals surface area contributed by atoms with Crippen LogP contribution in [0.25, 0.3) is 5.57 Å². The van der Waals surface area contributed by atoms with Gasteiger partial charge in [0.1, 0.15) is 5.76 Å². The highest BCUT2D eigenvalue weighted by Gasteiger charge is 2.05. The Morgan fingerprint density at radius 2 is 1.81 bits per heavy atom. The van der Waals surface area contributed by atoms with E-state index in [1.54, 1.807) is 13.8 Å². The molecule has 0 saturated heterocycles. The Morgan fingerprint density at radius 1 is 1.19 bits per heavy atom. The summed E-state index contributed by atoms with van der Waals surface area (Å²) in [6.45, 7) is 4.88. The minimum absolute atomic E-state index is 0.330. The first-order valence-corrected chi connectivity index (χ1v) is 5.02. The van der Waals surface area contributed by atoms with Gasteiger partial charge in [0.15, 0.2) is 0 Å². The van der Waals surface area contributed by atoms with Crippen LogP contribution in [-0.4, -0.2) is 5.97 Å². The van der Waals surface area contributed by atoms with Gasteiger partial charge in [-0.15, -0.1) is 5.92 Å². The second kappa shape index (κ2) is 5.77. The lowest BCUT2D eigenvalue weighted by Crippen LogP contribution is -1.98. The molecule has 0 aliphatic heterocycles. The molecule has 0 aromatic heterocycles. The van der Waals surface area contributed by atoms with Gasteiger partial charge in [0, 0.05) is 6.92 Å². The fraction of sp³-hybridized carbons (Fsp3) is 0.214. The zero-order valence-corrected chi connectivity index (χ0v) is 9.70. The van der Waals surface area contributed by atoms with Crippen LogP contribution in [0.15, 0.2) is 36.1 Å². The van der Waals surface area contributed by atoms with Crippen LogP contribution < -0.4 is 0 Å². The summed E-state index contributed by atoms with van der Waals surface area (Å²) in [6.07, 6.45) is 0. The van der Waals surface area contributed by atoms with Crippen LogP contribution in [0.5, 0.6) is 0 Å². The summed E-state index contributed by atoms with van der Waals surface area (Å²) in [5, 5.41) is 0. The lowest BCUT2D eigenvalue weighted by atomic mass is 10.1. The topological polar surface area (TPSA) is 26.3 Å². The standard InChI is InChI=1S/C14H14O2/c1-4-8-14(11(2)16-12(3)15)13-9-6-5-7-10-13/h5-7,9-10H,1-3H3/b14-11+. The van der Waals surface area contributed by atoms with Crippen molar-refractivity contribution in [3.8, 4) is 11.8 Å². The molecule has 1 rings (SSSR count). The van der Waals surface area contributed by atoms with E-state index in [0.29, 0.717) is 5.76 Å². The zero-order chi connectivity index (χ0) is 12.0. The number of carbonyl (C=O) groups excluding carboxylic acids is 1. The molecular weight excluding hydrogens is 200 g/mol. The molecule has 0 bridgehead atoms. The number of esters is 1. The Morgan fingerprint density at radius 3 is 2.31 bits per heavy atom. The molecule has 0 saturated carbocycles. The molecule has 0 amide bonds. The lowest BCUT2D eigenvalue weighted by molar-refractivity contribution is -0.136. The highest BCUT2D eigenvalue weighted by Crippen LogP contribution is 2.18. The first-order valence-electron chi connectivity index (χ1n) is 5.02. The molecule has 2 heteroatoms. The summed E-state index contributed by atoms with van der Waals surface area (Å²) < 4.78 is 5.06. The third-order valence-corrected chi connectivity index (χ3v) is 1.96. The van der Waals surface area contributed by atoms with Crippen molar-refractivity contribution in [1.29, 1.82) is 0 Å². The third-order valence-electron chi connectivity index (χ3n) is 1.96. The van der Waals surface area contributed by atoms with Gasteiger partial charge in [-0.2, -0.15) is 0 Å². The summed E-state index contributed by atoms with van der Waals surface area (Å²) in [7, 11) is 0. The first kappa shape index (κ1) is 12.1. The van der Waals surface area contributed by atoms with Crippen molar-refractivity contribution < 1.29 is 9.53 Å². The lowest BCUT2D eigenvalue weighted by Gasteiger charge is -2.06. The fourth-order valence-electron chi connectivity index (χ4n) is 1.36. The molecule has 2 nitrogen and oxygen atoms in total. The highest BCUT2D eigenvalue weighted by molar-refractivity contribution is 5.81. The number of rotatable bonds is 2. The van der Waals surface area contributed by atoms with E-state index in [4.69, 9.17) is 4.74 Å². The molecule has 0 N–H and O–H groups in total. The van der Waals surface area contributed by atoms with Gasteiger partial charge in [0.25, 0.3) is 0 Å². The average Bonchev–Trinajstić information content (AvgIpc) is 2.26. The van der Waals surface area contributed by atoms with E-state index in [0.717, 1.165) is 11.1 Å². The number of ether oxygens (including phenoxy) is 1. The van der Waals surface area contributed by atoms with Crippen molar-refractivity contribution in [2.45, 2.75) is 20.8 Å². The van der Waals surface area contributed by atoms with E-state index in [2.05, 4.69) is 11.8 Å². The van der Waals surface area contributed by atoms with Gasteiger partial charge < -0.3 is 4.74 Å². The van der Waals surface area contributed by atoms with Crippen LogP contribution >= 0.6 is 0 Å². The van der Waals surface area contributed by atoms with Gasteiger partial charge in [-0.3, -0.25) is 4.79 Å². The van der Waals surface area contributed by atoms with Gasteiger partial charge in [0.2, 0.25) is 0 Å². The Hall–Kier alpha value is -2.01. The number of hydrogen-bond acceptors (Lipinski definition) is 2. The largest absolute Gasteiger partial charge is 0.430 e. The van der Waals surface area contributed by atoms with Gasteiger partial charge >= 0.3 is 5.97 Å². The Bertz CT molecular complexity index is 459. The molecule has 0 unspecified atom stereocenters. The molecule has 16 heavy (non-hydrogen) atoms. The van der Waals surface area contributed by atoms with Gasteiger partial charge in [-0.1, -0.05) is 36.3 Å². The van der Waals surface area contributed by atoms with Gasteiger partial charge in [0.05, 0.1) is 5.57 Å². The van der Waals surface area contributed by atoms with E-state index < -0.39 is 0 Å². The molecule has 82 valence electrons. The van der Waals surface area contributed by atoms with Crippen molar-refractivity contribution >= 4 is 11.5 Å². The maximum Gasteiger partial charge on any atom is 0.307 e. The maximum absolute atomic E-state index is 10.9. The van der Waals surface area contributed by atoms with Crippen LogP contribution in [0.3, 0.4) is 0 Å². The summed E-state index contributed by atoms with van der Waals surface area (Å²) in [5.74, 6) is 5.98. The van der Waals surface area contributed by atoms with Crippen LogP contribution in [0, 0.1) is 11.8 Å². The Kier molecular flexibility index (Phi) is 4.35. The molecule has 0 aliphatic rings. The number of carbonyl (C=O) groups is 1. The zero-order valence-electron chi connectivity index (χ0n) is 9.70. The highest BCUT2D eigenvalue weighted by atomic mass is 16.5. The summed E-state index contributed by atoms with van der Waals surface area (Å²) in [6, 6.07) is 9.66. The predicted molar refractivity (Wildman–Crippen MR) is 64.3 cm³/mol. The van der Waals surface area contributed by atoms with Crippen molar-refractivity contribution in [3.05, 3.63) is 41.7 Å². The second-order valence-electron chi connectivity index (χ2n) is 3.27. The van der Waals surface area contributed by atoms with Gasteiger partial charge in [-0.25, -0.2) is 0 Å². The van der Waals surface area contributed by atoms with Crippen LogP contribution in [0.1, 0.15) is 26.3 Å². The number of allylic oxidation sites excluding steroid dienone is 2. The van der Waals surface area contributed by atoms with Crippen LogP contribution in [0.2, 0.25) is 0 Å². The number of hydrogen-bond donors (Lipinski definition) is 0. The Labute approximate surface area is 95.9 Å². The summed E-state index contributed by atoms with van der Waals surface area (Å²) in [5.41, 5.74) is 1.70. The molecule has 0 atom stereocenters. The average molecular weight is 214 g/mol. The van der Waals surface area contributed by atoms with Crippen LogP contribution in [-0.2, 0) is 9.53 Å². The number of benzene rings is 1. The molecule has 1 aromatic carbocycles. The molecule has 0 fully saturated rings. The van der Waals surface area contributed by atoms with Gasteiger partial charge in [-0.05, 0) is 19.4 Å². The quantitative estimate of drug-likeness (QED) is 0.430.